The van der Waals surface area contributed by atoms with Crippen LogP contribution >= 0.6 is 15.9 Å². The predicted molar refractivity (Wildman–Crippen MR) is 93.2 cm³/mol. The molecule has 0 fully saturated rings. The van der Waals surface area contributed by atoms with Gasteiger partial charge >= 0.3 is 0 Å². The maximum atomic E-state index is 12.1. The molecule has 0 saturated heterocycles. The van der Waals surface area contributed by atoms with Crippen LogP contribution in [0.15, 0.2) is 71.7 Å². The van der Waals surface area contributed by atoms with E-state index in [1.807, 2.05) is 48.5 Å². The number of carbonyl (C=O) groups is 1. The van der Waals surface area contributed by atoms with Crippen LogP contribution in [0.3, 0.4) is 0 Å². The SMILES string of the molecule is O=C(/C=C/c1cccc(Br)c1)Nc1ccccc1-n1cncn1. The molecule has 3 rings (SSSR count). The van der Waals surface area contributed by atoms with E-state index in [0.717, 1.165) is 15.7 Å². The van der Waals surface area contributed by atoms with Crippen molar-refractivity contribution in [2.45, 2.75) is 0 Å². The summed E-state index contributed by atoms with van der Waals surface area (Å²) in [6.45, 7) is 0. The van der Waals surface area contributed by atoms with Crippen LogP contribution in [0.4, 0.5) is 5.69 Å². The second-order valence-electron chi connectivity index (χ2n) is 4.73. The second-order valence-corrected chi connectivity index (χ2v) is 5.65. The van der Waals surface area contributed by atoms with Gasteiger partial charge in [-0.1, -0.05) is 40.2 Å². The quantitative estimate of drug-likeness (QED) is 0.714. The number of carbonyl (C=O) groups excluding carboxylic acids is 1. The fourth-order valence-electron chi connectivity index (χ4n) is 2.07. The smallest absolute Gasteiger partial charge is 0.248 e. The topological polar surface area (TPSA) is 59.8 Å². The Balaban J connectivity index is 1.76. The lowest BCUT2D eigenvalue weighted by Crippen LogP contribution is -2.10. The molecular formula is C17H13BrN4O. The Morgan fingerprint density at radius 1 is 1.17 bits per heavy atom. The molecule has 0 aliphatic carbocycles. The van der Waals surface area contributed by atoms with E-state index in [-0.39, 0.29) is 5.91 Å². The van der Waals surface area contributed by atoms with Crippen LogP contribution in [0.25, 0.3) is 11.8 Å². The summed E-state index contributed by atoms with van der Waals surface area (Å²) in [4.78, 5) is 16.1. The predicted octanol–water partition coefficient (Wildman–Crippen LogP) is 3.68. The molecule has 0 spiro atoms. The number of para-hydroxylation sites is 2. The Bertz CT molecular complexity index is 843. The Labute approximate surface area is 141 Å². The van der Waals surface area contributed by atoms with Crippen LogP contribution in [0.1, 0.15) is 5.56 Å². The number of halogens is 1. The molecule has 0 saturated carbocycles. The van der Waals surface area contributed by atoms with Gasteiger partial charge in [-0.2, -0.15) is 5.10 Å². The number of nitrogens with zero attached hydrogens (tertiary/aromatic N) is 3. The molecule has 1 N–H and O–H groups in total. The molecule has 0 aliphatic heterocycles. The van der Waals surface area contributed by atoms with Gasteiger partial charge in [0.15, 0.2) is 0 Å². The highest BCUT2D eigenvalue weighted by molar-refractivity contribution is 9.10. The van der Waals surface area contributed by atoms with Crippen molar-refractivity contribution < 1.29 is 4.79 Å². The zero-order valence-electron chi connectivity index (χ0n) is 12.1. The van der Waals surface area contributed by atoms with Gasteiger partial charge in [0.05, 0.1) is 11.4 Å². The molecule has 1 heterocycles. The molecule has 0 aliphatic rings. The van der Waals surface area contributed by atoms with Crippen LogP contribution in [0, 0.1) is 0 Å². The third-order valence-corrected chi connectivity index (χ3v) is 3.60. The molecule has 1 aromatic heterocycles. The highest BCUT2D eigenvalue weighted by Gasteiger charge is 2.06. The van der Waals surface area contributed by atoms with Crippen molar-refractivity contribution in [3.63, 3.8) is 0 Å². The van der Waals surface area contributed by atoms with Gasteiger partial charge in [-0.05, 0) is 35.9 Å². The molecule has 0 atom stereocenters. The van der Waals surface area contributed by atoms with Crippen molar-refractivity contribution in [3.8, 4) is 5.69 Å². The fourth-order valence-corrected chi connectivity index (χ4v) is 2.49. The Hall–Kier alpha value is -2.73. The average molecular weight is 369 g/mol. The monoisotopic (exact) mass is 368 g/mol. The van der Waals surface area contributed by atoms with E-state index in [9.17, 15) is 4.79 Å². The van der Waals surface area contributed by atoms with Gasteiger partial charge in [-0.25, -0.2) is 9.67 Å². The normalized spacial score (nSPS) is 10.8. The van der Waals surface area contributed by atoms with Gasteiger partial charge in [-0.3, -0.25) is 4.79 Å². The Morgan fingerprint density at radius 2 is 2.04 bits per heavy atom. The summed E-state index contributed by atoms with van der Waals surface area (Å²) in [5.74, 6) is -0.211. The zero-order chi connectivity index (χ0) is 16.1. The lowest BCUT2D eigenvalue weighted by molar-refractivity contribution is -0.111. The maximum absolute atomic E-state index is 12.1. The van der Waals surface area contributed by atoms with Crippen LogP contribution in [0.5, 0.6) is 0 Å². The van der Waals surface area contributed by atoms with Crippen molar-refractivity contribution in [1.29, 1.82) is 0 Å². The molecule has 6 heteroatoms. The molecule has 1 amide bonds. The molecule has 5 nitrogen and oxygen atoms in total. The first kappa shape index (κ1) is 15.2. The molecule has 0 radical (unpaired) electrons. The van der Waals surface area contributed by atoms with Gasteiger partial charge in [0.2, 0.25) is 5.91 Å². The van der Waals surface area contributed by atoms with E-state index in [1.54, 1.807) is 17.1 Å². The number of hydrogen-bond donors (Lipinski definition) is 1. The summed E-state index contributed by atoms with van der Waals surface area (Å²) >= 11 is 3.40. The van der Waals surface area contributed by atoms with Gasteiger partial charge < -0.3 is 5.32 Å². The summed E-state index contributed by atoms with van der Waals surface area (Å²) in [5.41, 5.74) is 2.37. The standard InChI is InChI=1S/C17H13BrN4O/c18-14-5-3-4-13(10-14)8-9-17(23)21-15-6-1-2-7-16(15)22-12-19-11-20-22/h1-12H,(H,21,23)/b9-8+. The largest absolute Gasteiger partial charge is 0.321 e. The molecule has 2 aromatic carbocycles. The first-order chi connectivity index (χ1) is 11.2. The second kappa shape index (κ2) is 7.02. The van der Waals surface area contributed by atoms with E-state index < -0.39 is 0 Å². The Morgan fingerprint density at radius 3 is 2.83 bits per heavy atom. The van der Waals surface area contributed by atoms with Crippen molar-refractivity contribution >= 4 is 33.6 Å². The van der Waals surface area contributed by atoms with Gasteiger partial charge in [0, 0.05) is 10.5 Å². The Kier molecular flexibility index (Phi) is 4.63. The van der Waals surface area contributed by atoms with Gasteiger partial charge in [0.25, 0.3) is 0 Å². The average Bonchev–Trinajstić information content (AvgIpc) is 3.08. The van der Waals surface area contributed by atoms with Crippen LogP contribution in [0.2, 0.25) is 0 Å². The van der Waals surface area contributed by atoms with E-state index >= 15 is 0 Å². The molecular weight excluding hydrogens is 356 g/mol. The van der Waals surface area contributed by atoms with Crippen molar-refractivity contribution in [2.75, 3.05) is 5.32 Å². The highest BCUT2D eigenvalue weighted by atomic mass is 79.9. The molecule has 114 valence electrons. The number of nitrogens with one attached hydrogen (secondary N) is 1. The molecule has 3 aromatic rings. The number of rotatable bonds is 4. The van der Waals surface area contributed by atoms with Crippen LogP contribution in [-0.4, -0.2) is 20.7 Å². The van der Waals surface area contributed by atoms with E-state index in [4.69, 9.17) is 0 Å². The van der Waals surface area contributed by atoms with Gasteiger partial charge in [-0.15, -0.1) is 0 Å². The summed E-state index contributed by atoms with van der Waals surface area (Å²) in [5, 5.41) is 6.95. The third-order valence-electron chi connectivity index (χ3n) is 3.10. The number of aromatic nitrogens is 3. The van der Waals surface area contributed by atoms with Crippen molar-refractivity contribution in [2.24, 2.45) is 0 Å². The number of hydrogen-bond acceptors (Lipinski definition) is 3. The van der Waals surface area contributed by atoms with E-state index in [1.165, 1.54) is 12.4 Å². The lowest BCUT2D eigenvalue weighted by atomic mass is 10.2. The van der Waals surface area contributed by atoms with Gasteiger partial charge in [0.1, 0.15) is 12.7 Å². The minimum atomic E-state index is -0.211. The summed E-state index contributed by atoms with van der Waals surface area (Å²) in [7, 11) is 0. The number of benzene rings is 2. The molecule has 0 bridgehead atoms. The minimum absolute atomic E-state index is 0.211. The maximum Gasteiger partial charge on any atom is 0.248 e. The van der Waals surface area contributed by atoms with Crippen molar-refractivity contribution in [1.82, 2.24) is 14.8 Å². The minimum Gasteiger partial charge on any atom is -0.321 e. The molecule has 23 heavy (non-hydrogen) atoms. The first-order valence-electron chi connectivity index (χ1n) is 6.91. The highest BCUT2D eigenvalue weighted by Crippen LogP contribution is 2.19. The van der Waals surface area contributed by atoms with Crippen LogP contribution < -0.4 is 5.32 Å². The first-order valence-corrected chi connectivity index (χ1v) is 7.70. The van der Waals surface area contributed by atoms with E-state index in [0.29, 0.717) is 5.69 Å². The summed E-state index contributed by atoms with van der Waals surface area (Å²) < 4.78 is 2.57. The zero-order valence-corrected chi connectivity index (χ0v) is 13.6. The van der Waals surface area contributed by atoms with E-state index in [2.05, 4.69) is 31.3 Å². The van der Waals surface area contributed by atoms with Crippen molar-refractivity contribution in [3.05, 3.63) is 77.3 Å². The summed E-state index contributed by atoms with van der Waals surface area (Å²) in [6, 6.07) is 15.1. The fraction of sp³-hybridized carbons (Fsp3) is 0. The molecule has 0 unspecified atom stereocenters. The number of amides is 1. The number of anilines is 1. The lowest BCUT2D eigenvalue weighted by Gasteiger charge is -2.08. The summed E-state index contributed by atoms with van der Waals surface area (Å²) in [6.07, 6.45) is 6.30. The van der Waals surface area contributed by atoms with Crippen LogP contribution in [-0.2, 0) is 4.79 Å². The third kappa shape index (κ3) is 3.92.